The fraction of sp³-hybridized carbons (Fsp3) is 0.200. The van der Waals surface area contributed by atoms with E-state index in [1.165, 1.54) is 31.6 Å². The number of likely N-dealkylation sites (N-methyl/N-ethyl adjacent to an activating group) is 1. The molecule has 19 heavy (non-hydrogen) atoms. The molecule has 0 unspecified atom stereocenters. The summed E-state index contributed by atoms with van der Waals surface area (Å²) in [4.78, 5) is 12.2. The highest BCUT2D eigenvalue weighted by atomic mass is 79.9. The van der Waals surface area contributed by atoms with E-state index in [1.54, 1.807) is 12.1 Å². The Balaban J connectivity index is 2.55. The number of rotatable bonds is 2. The number of carbonyl (C=O) groups is 1. The van der Waals surface area contributed by atoms with Crippen molar-refractivity contribution in [2.45, 2.75) is 0 Å². The highest BCUT2D eigenvalue weighted by Gasteiger charge is 2.30. The first kappa shape index (κ1) is 14.2. The van der Waals surface area contributed by atoms with Crippen LogP contribution in [0.1, 0.15) is 4.88 Å². The SMILES string of the molecule is COC(=O)C1=CC(c2ccc(Br)s2)=NS(=O)(=O)N1C. The van der Waals surface area contributed by atoms with Gasteiger partial charge in [0.2, 0.25) is 0 Å². The third-order valence-electron chi connectivity index (χ3n) is 2.39. The Bertz CT molecular complexity index is 690. The van der Waals surface area contributed by atoms with Crippen LogP contribution >= 0.6 is 27.3 Å². The van der Waals surface area contributed by atoms with E-state index < -0.39 is 16.2 Å². The second-order valence-electron chi connectivity index (χ2n) is 3.55. The van der Waals surface area contributed by atoms with Gasteiger partial charge in [-0.05, 0) is 34.1 Å². The zero-order valence-corrected chi connectivity index (χ0v) is 13.2. The first-order valence-corrected chi connectivity index (χ1v) is 8.00. The number of ether oxygens (including phenoxy) is 1. The molecular weight excluding hydrogens is 356 g/mol. The molecule has 0 amide bonds. The second kappa shape index (κ2) is 5.06. The van der Waals surface area contributed by atoms with Gasteiger partial charge in [0.25, 0.3) is 0 Å². The molecular formula is C10H9BrN2O4S2. The average molecular weight is 365 g/mol. The molecule has 1 aliphatic heterocycles. The van der Waals surface area contributed by atoms with Crippen molar-refractivity contribution >= 4 is 49.2 Å². The Morgan fingerprint density at radius 3 is 2.68 bits per heavy atom. The van der Waals surface area contributed by atoms with Crippen molar-refractivity contribution in [3.05, 3.63) is 32.6 Å². The zero-order valence-electron chi connectivity index (χ0n) is 9.95. The van der Waals surface area contributed by atoms with Crippen LogP contribution in [-0.4, -0.2) is 38.6 Å². The third kappa shape index (κ3) is 2.72. The quantitative estimate of drug-likeness (QED) is 0.746. The molecule has 0 atom stereocenters. The van der Waals surface area contributed by atoms with Crippen LogP contribution in [0.2, 0.25) is 0 Å². The lowest BCUT2D eigenvalue weighted by Crippen LogP contribution is -2.33. The van der Waals surface area contributed by atoms with Crippen LogP contribution < -0.4 is 0 Å². The minimum atomic E-state index is -3.91. The number of carbonyl (C=O) groups excluding carboxylic acids is 1. The lowest BCUT2D eigenvalue weighted by atomic mass is 10.2. The number of allylic oxidation sites excluding steroid dienone is 1. The van der Waals surface area contributed by atoms with Gasteiger partial charge in [0.1, 0.15) is 5.70 Å². The first-order chi connectivity index (χ1) is 8.85. The molecule has 1 aromatic heterocycles. The first-order valence-electron chi connectivity index (χ1n) is 4.99. The summed E-state index contributed by atoms with van der Waals surface area (Å²) in [6, 6.07) is 3.50. The van der Waals surface area contributed by atoms with Crippen molar-refractivity contribution in [1.82, 2.24) is 4.31 Å². The number of nitrogens with zero attached hydrogens (tertiary/aromatic N) is 2. The van der Waals surface area contributed by atoms with Crippen LogP contribution in [0.3, 0.4) is 0 Å². The van der Waals surface area contributed by atoms with Gasteiger partial charge < -0.3 is 4.74 Å². The summed E-state index contributed by atoms with van der Waals surface area (Å²) < 4.78 is 33.6. The molecule has 2 rings (SSSR count). The van der Waals surface area contributed by atoms with Crippen molar-refractivity contribution in [2.75, 3.05) is 14.2 Å². The van der Waals surface area contributed by atoms with E-state index in [9.17, 15) is 13.2 Å². The van der Waals surface area contributed by atoms with E-state index in [2.05, 4.69) is 25.1 Å². The van der Waals surface area contributed by atoms with Gasteiger partial charge in [-0.2, -0.15) is 8.42 Å². The summed E-state index contributed by atoms with van der Waals surface area (Å²) in [5.41, 5.74) is 0.145. The topological polar surface area (TPSA) is 76.0 Å². The molecule has 0 bridgehead atoms. The van der Waals surface area contributed by atoms with Gasteiger partial charge in [-0.1, -0.05) is 0 Å². The zero-order chi connectivity index (χ0) is 14.2. The minimum Gasteiger partial charge on any atom is -0.464 e. The summed E-state index contributed by atoms with van der Waals surface area (Å²) >= 11 is 4.61. The van der Waals surface area contributed by atoms with Crippen LogP contribution in [0.5, 0.6) is 0 Å². The number of methoxy groups -OCH3 is 1. The van der Waals surface area contributed by atoms with Crippen LogP contribution in [0.25, 0.3) is 0 Å². The van der Waals surface area contributed by atoms with Gasteiger partial charge >= 0.3 is 16.2 Å². The predicted octanol–water partition coefficient (Wildman–Crippen LogP) is 1.55. The van der Waals surface area contributed by atoms with Crippen molar-refractivity contribution < 1.29 is 17.9 Å². The van der Waals surface area contributed by atoms with E-state index >= 15 is 0 Å². The maximum Gasteiger partial charge on any atom is 0.355 e. The van der Waals surface area contributed by atoms with Gasteiger partial charge in [-0.25, -0.2) is 9.10 Å². The molecule has 102 valence electrons. The Morgan fingerprint density at radius 1 is 1.47 bits per heavy atom. The molecule has 0 N–H and O–H groups in total. The van der Waals surface area contributed by atoms with E-state index in [4.69, 9.17) is 0 Å². The fourth-order valence-corrected chi connectivity index (χ4v) is 3.72. The molecule has 0 spiro atoms. The summed E-state index contributed by atoms with van der Waals surface area (Å²) in [5, 5.41) is 0. The molecule has 9 heteroatoms. The lowest BCUT2D eigenvalue weighted by molar-refractivity contribution is -0.137. The number of halogens is 1. The smallest absolute Gasteiger partial charge is 0.355 e. The molecule has 0 aromatic carbocycles. The monoisotopic (exact) mass is 364 g/mol. The summed E-state index contributed by atoms with van der Waals surface area (Å²) in [6.07, 6.45) is 1.39. The van der Waals surface area contributed by atoms with E-state index in [1.807, 2.05) is 0 Å². The van der Waals surface area contributed by atoms with Crippen molar-refractivity contribution in [3.63, 3.8) is 0 Å². The molecule has 0 radical (unpaired) electrons. The molecule has 2 heterocycles. The standard InChI is InChI=1S/C10H9BrN2O4S2/c1-13-7(10(14)17-2)5-6(12-19(13,15)16)8-3-4-9(11)18-8/h3-5H,1-2H3. The number of hydrogen-bond donors (Lipinski definition) is 0. The Hall–Kier alpha value is -1.19. The third-order valence-corrected chi connectivity index (χ3v) is 5.36. The maximum absolute atomic E-state index is 11.9. The fourth-order valence-electron chi connectivity index (χ4n) is 1.42. The van der Waals surface area contributed by atoms with E-state index in [0.29, 0.717) is 4.88 Å². The van der Waals surface area contributed by atoms with Crippen LogP contribution in [0.15, 0.2) is 32.1 Å². The number of hydrogen-bond acceptors (Lipinski definition) is 5. The summed E-state index contributed by atoms with van der Waals surface area (Å²) in [5.74, 6) is -0.728. The molecule has 0 fully saturated rings. The Morgan fingerprint density at radius 2 is 2.16 bits per heavy atom. The molecule has 0 aliphatic carbocycles. The predicted molar refractivity (Wildman–Crippen MR) is 75.3 cm³/mol. The van der Waals surface area contributed by atoms with Crippen LogP contribution in [-0.2, 0) is 19.7 Å². The van der Waals surface area contributed by atoms with Crippen molar-refractivity contribution in [3.8, 4) is 0 Å². The highest BCUT2D eigenvalue weighted by Crippen LogP contribution is 2.27. The maximum atomic E-state index is 11.9. The number of esters is 1. The molecule has 0 saturated heterocycles. The van der Waals surface area contributed by atoms with Gasteiger partial charge in [-0.3, -0.25) is 0 Å². The minimum absolute atomic E-state index is 0.0722. The average Bonchev–Trinajstić information content (AvgIpc) is 2.78. The molecule has 1 aliphatic rings. The normalized spacial score (nSPS) is 17.7. The summed E-state index contributed by atoms with van der Waals surface area (Å²) in [6.45, 7) is 0. The van der Waals surface area contributed by atoms with Gasteiger partial charge in [0, 0.05) is 7.05 Å². The molecule has 0 saturated carbocycles. The van der Waals surface area contributed by atoms with Gasteiger partial charge in [0.15, 0.2) is 0 Å². The van der Waals surface area contributed by atoms with Crippen molar-refractivity contribution in [1.29, 1.82) is 0 Å². The van der Waals surface area contributed by atoms with Crippen LogP contribution in [0, 0.1) is 0 Å². The molecule has 1 aromatic rings. The Kier molecular flexibility index (Phi) is 3.79. The lowest BCUT2D eigenvalue weighted by Gasteiger charge is -2.21. The van der Waals surface area contributed by atoms with E-state index in [0.717, 1.165) is 8.09 Å². The molecule has 6 nitrogen and oxygen atoms in total. The van der Waals surface area contributed by atoms with E-state index in [-0.39, 0.29) is 11.4 Å². The van der Waals surface area contributed by atoms with Crippen molar-refractivity contribution in [2.24, 2.45) is 4.40 Å². The van der Waals surface area contributed by atoms with Gasteiger partial charge in [0.05, 0.1) is 21.5 Å². The number of thiophene rings is 1. The summed E-state index contributed by atoms with van der Waals surface area (Å²) in [7, 11) is -1.47. The van der Waals surface area contributed by atoms with Crippen LogP contribution in [0.4, 0.5) is 0 Å². The Labute approximate surface area is 122 Å². The highest BCUT2D eigenvalue weighted by molar-refractivity contribution is 9.11. The van der Waals surface area contributed by atoms with Gasteiger partial charge in [-0.15, -0.1) is 15.7 Å². The second-order valence-corrected chi connectivity index (χ2v) is 7.64. The largest absolute Gasteiger partial charge is 0.464 e.